The second-order valence-corrected chi connectivity index (χ2v) is 6.70. The van der Waals surface area contributed by atoms with Gasteiger partial charge in [-0.25, -0.2) is 0 Å². The highest BCUT2D eigenvalue weighted by atomic mass is 32.2. The molecule has 0 saturated carbocycles. The molecule has 7 nitrogen and oxygen atoms in total. The summed E-state index contributed by atoms with van der Waals surface area (Å²) in [7, 11) is 0. The minimum absolute atomic E-state index is 0.0200. The largest absolute Gasteiger partial charge is 0.481 e. The van der Waals surface area contributed by atoms with Crippen LogP contribution < -0.4 is 0 Å². The molecule has 9 heteroatoms. The molecule has 0 aliphatic carbocycles. The van der Waals surface area contributed by atoms with Crippen molar-refractivity contribution in [1.29, 1.82) is 0 Å². The number of thiocarbonyl (C=S) groups is 1. The van der Waals surface area contributed by atoms with Crippen LogP contribution in [-0.2, 0) is 9.59 Å². The summed E-state index contributed by atoms with van der Waals surface area (Å²) in [4.78, 5) is 35.1. The predicted molar refractivity (Wildman–Crippen MR) is 99.0 cm³/mol. The van der Waals surface area contributed by atoms with Crippen LogP contribution in [-0.4, -0.2) is 37.7 Å². The van der Waals surface area contributed by atoms with E-state index >= 15 is 0 Å². The molecule has 2 rings (SSSR count). The fraction of sp³-hybridized carbons (Fsp3) is 0.188. The molecule has 1 aliphatic rings. The molecule has 1 aromatic rings. The quantitative estimate of drug-likeness (QED) is 0.336. The van der Waals surface area contributed by atoms with Gasteiger partial charge in [0.2, 0.25) is 0 Å². The molecule has 0 unspecified atom stereocenters. The Morgan fingerprint density at radius 3 is 2.80 bits per heavy atom. The number of thioether (sulfide) groups is 1. The lowest BCUT2D eigenvalue weighted by molar-refractivity contribution is -0.385. The van der Waals surface area contributed by atoms with Gasteiger partial charge in [-0.15, -0.1) is 0 Å². The number of carboxylic acids is 1. The van der Waals surface area contributed by atoms with Gasteiger partial charge >= 0.3 is 5.97 Å². The number of rotatable bonds is 7. The van der Waals surface area contributed by atoms with Gasteiger partial charge in [0.25, 0.3) is 11.6 Å². The molecular formula is C16H14N2O5S2. The SMILES string of the molecule is O=C(O)CCCN1C(=O)C(=CC=Cc2ccccc2[N+](=O)[O-])SC1=S. The van der Waals surface area contributed by atoms with Gasteiger partial charge in [0.05, 0.1) is 15.4 Å². The topological polar surface area (TPSA) is 101 Å². The number of aliphatic carboxylic acids is 1. The smallest absolute Gasteiger partial charge is 0.303 e. The number of carbonyl (C=O) groups is 2. The first-order valence-corrected chi connectivity index (χ1v) is 8.50. The summed E-state index contributed by atoms with van der Waals surface area (Å²) in [6.45, 7) is 0.252. The minimum Gasteiger partial charge on any atom is -0.481 e. The minimum atomic E-state index is -0.923. The fourth-order valence-corrected chi connectivity index (χ4v) is 3.39. The summed E-state index contributed by atoms with van der Waals surface area (Å²) in [5.74, 6) is -1.21. The Kier molecular flexibility index (Phi) is 6.43. The normalized spacial score (nSPS) is 16.2. The first-order valence-electron chi connectivity index (χ1n) is 7.27. The van der Waals surface area contributed by atoms with Gasteiger partial charge in [0, 0.05) is 19.0 Å². The maximum absolute atomic E-state index is 12.3. The average Bonchev–Trinajstić information content (AvgIpc) is 2.82. The van der Waals surface area contributed by atoms with E-state index in [2.05, 4.69) is 0 Å². The highest BCUT2D eigenvalue weighted by Crippen LogP contribution is 2.31. The lowest BCUT2D eigenvalue weighted by Crippen LogP contribution is -2.29. The molecule has 0 bridgehead atoms. The molecule has 1 fully saturated rings. The van der Waals surface area contributed by atoms with E-state index in [1.807, 2.05) is 0 Å². The molecular weight excluding hydrogens is 364 g/mol. The Hall–Kier alpha value is -2.52. The van der Waals surface area contributed by atoms with Crippen molar-refractivity contribution in [3.8, 4) is 0 Å². The van der Waals surface area contributed by atoms with E-state index in [1.54, 1.807) is 36.4 Å². The number of para-hydroxylation sites is 1. The molecule has 1 aromatic carbocycles. The maximum Gasteiger partial charge on any atom is 0.303 e. The average molecular weight is 378 g/mol. The molecule has 1 heterocycles. The van der Waals surface area contributed by atoms with Gasteiger partial charge in [-0.2, -0.15) is 0 Å². The van der Waals surface area contributed by atoms with Gasteiger partial charge in [-0.3, -0.25) is 24.6 Å². The van der Waals surface area contributed by atoms with Gasteiger partial charge in [0.1, 0.15) is 4.32 Å². The number of carboxylic acid groups (broad SMARTS) is 1. The Bertz CT molecular complexity index is 788. The number of nitro groups is 1. The van der Waals surface area contributed by atoms with Crippen LogP contribution in [0.5, 0.6) is 0 Å². The van der Waals surface area contributed by atoms with Crippen LogP contribution in [0.2, 0.25) is 0 Å². The van der Waals surface area contributed by atoms with E-state index in [4.69, 9.17) is 17.3 Å². The summed E-state index contributed by atoms with van der Waals surface area (Å²) in [5.41, 5.74) is 0.411. The summed E-state index contributed by atoms with van der Waals surface area (Å²) in [5, 5.41) is 19.6. The van der Waals surface area contributed by atoms with Gasteiger partial charge in [-0.05, 0) is 24.6 Å². The number of hydrogen-bond acceptors (Lipinski definition) is 6. The Morgan fingerprint density at radius 1 is 1.40 bits per heavy atom. The lowest BCUT2D eigenvalue weighted by atomic mass is 10.1. The van der Waals surface area contributed by atoms with Crippen molar-refractivity contribution < 1.29 is 19.6 Å². The molecule has 130 valence electrons. The number of carbonyl (C=O) groups excluding carboxylic acids is 1. The molecule has 0 spiro atoms. The summed E-state index contributed by atoms with van der Waals surface area (Å²) < 4.78 is 0.376. The summed E-state index contributed by atoms with van der Waals surface area (Å²) in [6.07, 6.45) is 4.95. The highest BCUT2D eigenvalue weighted by molar-refractivity contribution is 8.26. The third kappa shape index (κ3) is 4.97. The third-order valence-corrected chi connectivity index (χ3v) is 4.70. The van der Waals surface area contributed by atoms with E-state index in [0.717, 1.165) is 11.8 Å². The molecule has 1 amide bonds. The maximum atomic E-state index is 12.3. The standard InChI is InChI=1S/C16H14N2O5S2/c19-14(20)9-4-10-17-15(21)13(25-16(17)24)8-3-6-11-5-1-2-7-12(11)18(22)23/h1-3,5-8H,4,9-10H2,(H,19,20). The number of benzene rings is 1. The van der Waals surface area contributed by atoms with Crippen LogP contribution in [0.3, 0.4) is 0 Å². The number of allylic oxidation sites excluding steroid dienone is 2. The zero-order valence-electron chi connectivity index (χ0n) is 13.0. The second-order valence-electron chi connectivity index (χ2n) is 5.03. The lowest BCUT2D eigenvalue weighted by Gasteiger charge is -2.12. The van der Waals surface area contributed by atoms with Crippen LogP contribution >= 0.6 is 24.0 Å². The van der Waals surface area contributed by atoms with E-state index < -0.39 is 10.9 Å². The summed E-state index contributed by atoms with van der Waals surface area (Å²) in [6, 6.07) is 6.29. The molecule has 25 heavy (non-hydrogen) atoms. The van der Waals surface area contributed by atoms with Crippen molar-refractivity contribution in [3.63, 3.8) is 0 Å². The van der Waals surface area contributed by atoms with Crippen LogP contribution in [0, 0.1) is 10.1 Å². The number of nitrogens with zero attached hydrogens (tertiary/aromatic N) is 2. The molecule has 0 atom stereocenters. The van der Waals surface area contributed by atoms with Crippen molar-refractivity contribution >= 4 is 51.9 Å². The number of nitro benzene ring substituents is 1. The van der Waals surface area contributed by atoms with Crippen LogP contribution in [0.4, 0.5) is 5.69 Å². The van der Waals surface area contributed by atoms with Gasteiger partial charge < -0.3 is 5.11 Å². The molecule has 1 saturated heterocycles. The van der Waals surface area contributed by atoms with Crippen molar-refractivity contribution in [2.75, 3.05) is 6.54 Å². The van der Waals surface area contributed by atoms with Crippen molar-refractivity contribution in [2.45, 2.75) is 12.8 Å². The van der Waals surface area contributed by atoms with Crippen molar-refractivity contribution in [1.82, 2.24) is 4.90 Å². The Labute approximate surface area is 153 Å². The molecule has 1 N–H and O–H groups in total. The van der Waals surface area contributed by atoms with E-state index in [-0.39, 0.29) is 24.6 Å². The summed E-state index contributed by atoms with van der Waals surface area (Å²) >= 11 is 6.26. The van der Waals surface area contributed by atoms with E-state index in [9.17, 15) is 19.7 Å². The monoisotopic (exact) mass is 378 g/mol. The van der Waals surface area contributed by atoms with Gasteiger partial charge in [-0.1, -0.05) is 42.2 Å². The van der Waals surface area contributed by atoms with Crippen LogP contribution in [0.1, 0.15) is 18.4 Å². The molecule has 1 aliphatic heterocycles. The Morgan fingerprint density at radius 2 is 2.12 bits per heavy atom. The number of amides is 1. The fourth-order valence-electron chi connectivity index (χ4n) is 2.13. The highest BCUT2D eigenvalue weighted by Gasteiger charge is 2.31. The first kappa shape index (κ1) is 18.8. The predicted octanol–water partition coefficient (Wildman–Crippen LogP) is 3.22. The van der Waals surface area contributed by atoms with E-state index in [0.29, 0.717) is 21.2 Å². The van der Waals surface area contributed by atoms with Crippen LogP contribution in [0.25, 0.3) is 6.08 Å². The Balaban J connectivity index is 2.07. The zero-order chi connectivity index (χ0) is 18.4. The van der Waals surface area contributed by atoms with E-state index in [1.165, 1.54) is 11.0 Å². The van der Waals surface area contributed by atoms with Crippen LogP contribution in [0.15, 0.2) is 41.3 Å². The zero-order valence-corrected chi connectivity index (χ0v) is 14.6. The van der Waals surface area contributed by atoms with Gasteiger partial charge in [0.15, 0.2) is 0 Å². The van der Waals surface area contributed by atoms with Crippen molar-refractivity contribution in [3.05, 3.63) is 57.0 Å². The first-order chi connectivity index (χ1) is 11.9. The molecule has 0 radical (unpaired) electrons. The third-order valence-electron chi connectivity index (χ3n) is 3.30. The second kappa shape index (κ2) is 8.54. The number of hydrogen-bond donors (Lipinski definition) is 1. The molecule has 0 aromatic heterocycles. The van der Waals surface area contributed by atoms with Crippen molar-refractivity contribution in [2.24, 2.45) is 0 Å².